The molecule has 0 spiro atoms. The standard InChI is InChI=1S/C16H14N4O3/c21-7-15-17-11-3-1-9(5-13(11)19-15)23-10-2-4-12-14(6-10)20-16(8-22)18-12/h1-6,21-22H,7-8H2,(H,17,19)(H,18,20)/p+1. The zero-order valence-electron chi connectivity index (χ0n) is 12.1. The molecule has 0 aliphatic rings. The number of nitrogens with zero attached hydrogens (tertiary/aromatic N) is 1. The zero-order valence-corrected chi connectivity index (χ0v) is 12.1. The van der Waals surface area contributed by atoms with Crippen molar-refractivity contribution in [3.05, 3.63) is 48.0 Å². The number of aromatic amines is 3. The summed E-state index contributed by atoms with van der Waals surface area (Å²) in [4.78, 5) is 13.4. The van der Waals surface area contributed by atoms with Crippen molar-refractivity contribution in [2.45, 2.75) is 13.2 Å². The minimum Gasteiger partial charge on any atom is -0.457 e. The number of benzene rings is 2. The van der Waals surface area contributed by atoms with Crippen molar-refractivity contribution in [2.24, 2.45) is 0 Å². The normalized spacial score (nSPS) is 11.4. The predicted octanol–water partition coefficient (Wildman–Crippen LogP) is 1.64. The van der Waals surface area contributed by atoms with Crippen LogP contribution in [0.1, 0.15) is 11.6 Å². The van der Waals surface area contributed by atoms with Crippen LogP contribution in [0.25, 0.3) is 22.1 Å². The molecule has 23 heavy (non-hydrogen) atoms. The Balaban J connectivity index is 1.66. The largest absolute Gasteiger partial charge is 0.457 e. The molecule has 0 saturated carbocycles. The summed E-state index contributed by atoms with van der Waals surface area (Å²) in [5.74, 6) is 2.52. The van der Waals surface area contributed by atoms with E-state index in [1.54, 1.807) is 0 Å². The van der Waals surface area contributed by atoms with Crippen LogP contribution in [0.15, 0.2) is 36.4 Å². The van der Waals surface area contributed by atoms with Crippen LogP contribution in [0, 0.1) is 0 Å². The summed E-state index contributed by atoms with van der Waals surface area (Å²) < 4.78 is 5.87. The number of rotatable bonds is 4. The topological polar surface area (TPSA) is 108 Å². The maximum atomic E-state index is 9.15. The number of ether oxygens (including phenoxy) is 1. The Labute approximate surface area is 130 Å². The smallest absolute Gasteiger partial charge is 0.279 e. The molecule has 0 fully saturated rings. The fourth-order valence-electron chi connectivity index (χ4n) is 2.55. The maximum Gasteiger partial charge on any atom is 0.279 e. The lowest BCUT2D eigenvalue weighted by molar-refractivity contribution is -0.363. The van der Waals surface area contributed by atoms with E-state index in [1.807, 2.05) is 36.4 Å². The maximum absolute atomic E-state index is 9.15. The summed E-state index contributed by atoms with van der Waals surface area (Å²) in [7, 11) is 0. The zero-order chi connectivity index (χ0) is 15.8. The lowest BCUT2D eigenvalue weighted by Crippen LogP contribution is -2.06. The number of hydrogen-bond acceptors (Lipinski definition) is 4. The summed E-state index contributed by atoms with van der Waals surface area (Å²) in [6.45, 7) is -0.202. The molecule has 116 valence electrons. The van der Waals surface area contributed by atoms with Crippen LogP contribution in [0.2, 0.25) is 0 Å². The number of H-pyrrole nitrogens is 3. The number of fused-ring (bicyclic) bond motifs is 2. The molecule has 2 heterocycles. The van der Waals surface area contributed by atoms with Gasteiger partial charge >= 0.3 is 0 Å². The van der Waals surface area contributed by atoms with Crippen LogP contribution in [-0.2, 0) is 13.2 Å². The molecule has 4 aromatic rings. The molecule has 7 nitrogen and oxygen atoms in total. The van der Waals surface area contributed by atoms with Gasteiger partial charge in [0.15, 0.2) is 11.0 Å². The van der Waals surface area contributed by atoms with Gasteiger partial charge in [0.1, 0.15) is 30.5 Å². The highest BCUT2D eigenvalue weighted by molar-refractivity contribution is 5.77. The van der Waals surface area contributed by atoms with E-state index in [0.29, 0.717) is 23.1 Å². The first-order valence-corrected chi connectivity index (χ1v) is 7.17. The predicted molar refractivity (Wildman–Crippen MR) is 82.9 cm³/mol. The van der Waals surface area contributed by atoms with Crippen molar-refractivity contribution in [2.75, 3.05) is 0 Å². The minimum absolute atomic E-state index is 0.0748. The number of nitrogens with one attached hydrogen (secondary N) is 3. The first-order valence-electron chi connectivity index (χ1n) is 7.17. The Bertz CT molecular complexity index is 909. The van der Waals surface area contributed by atoms with Crippen LogP contribution < -0.4 is 9.72 Å². The third kappa shape index (κ3) is 2.52. The summed E-state index contributed by atoms with van der Waals surface area (Å²) in [5.41, 5.74) is 3.35. The second kappa shape index (κ2) is 5.38. The average Bonchev–Trinajstić information content (AvgIpc) is 3.16. The molecule has 0 aliphatic carbocycles. The SMILES string of the molecule is OCc1nc2ccc(Oc3ccc4[nH+]c(CO)[nH]c4c3)cc2[nH]1. The average molecular weight is 311 g/mol. The number of aliphatic hydroxyl groups excluding tert-OH is 2. The number of aromatic nitrogens is 4. The fraction of sp³-hybridized carbons (Fsp3) is 0.125. The third-order valence-electron chi connectivity index (χ3n) is 3.61. The number of hydrogen-bond donors (Lipinski definition) is 4. The lowest BCUT2D eigenvalue weighted by atomic mass is 10.3. The summed E-state index contributed by atoms with van der Waals surface area (Å²) in [6.07, 6.45) is 0. The fourth-order valence-corrected chi connectivity index (χ4v) is 2.55. The minimum atomic E-state index is -0.127. The van der Waals surface area contributed by atoms with Crippen molar-refractivity contribution < 1.29 is 19.9 Å². The molecule has 7 heteroatoms. The monoisotopic (exact) mass is 311 g/mol. The number of aliphatic hydroxyl groups is 2. The number of imidazole rings is 2. The van der Waals surface area contributed by atoms with E-state index in [2.05, 4.69) is 19.9 Å². The Morgan fingerprint density at radius 1 is 0.957 bits per heavy atom. The lowest BCUT2D eigenvalue weighted by Gasteiger charge is -2.04. The highest BCUT2D eigenvalue weighted by atomic mass is 16.5. The van der Waals surface area contributed by atoms with Gasteiger partial charge in [0, 0.05) is 12.1 Å². The molecule has 0 aliphatic heterocycles. The van der Waals surface area contributed by atoms with Gasteiger partial charge in [-0.2, -0.15) is 0 Å². The highest BCUT2D eigenvalue weighted by Crippen LogP contribution is 2.26. The van der Waals surface area contributed by atoms with Crippen molar-refractivity contribution >= 4 is 22.1 Å². The Kier molecular flexibility index (Phi) is 3.22. The van der Waals surface area contributed by atoms with Gasteiger partial charge in [0.05, 0.1) is 11.0 Å². The van der Waals surface area contributed by atoms with Crippen molar-refractivity contribution in [1.82, 2.24) is 15.0 Å². The molecule has 5 N–H and O–H groups in total. The highest BCUT2D eigenvalue weighted by Gasteiger charge is 2.10. The quantitative estimate of drug-likeness (QED) is 0.459. The molecule has 0 amide bonds. The van der Waals surface area contributed by atoms with Crippen molar-refractivity contribution in [1.29, 1.82) is 0 Å². The van der Waals surface area contributed by atoms with E-state index >= 15 is 0 Å². The molecule has 0 radical (unpaired) electrons. The van der Waals surface area contributed by atoms with Gasteiger partial charge in [-0.1, -0.05) is 0 Å². The van der Waals surface area contributed by atoms with Gasteiger partial charge in [-0.05, 0) is 24.3 Å². The molecule has 0 bridgehead atoms. The van der Waals surface area contributed by atoms with E-state index in [4.69, 9.17) is 14.9 Å². The van der Waals surface area contributed by atoms with Gasteiger partial charge in [-0.25, -0.2) is 15.0 Å². The van der Waals surface area contributed by atoms with E-state index < -0.39 is 0 Å². The van der Waals surface area contributed by atoms with Crippen LogP contribution in [0.4, 0.5) is 0 Å². The van der Waals surface area contributed by atoms with Crippen molar-refractivity contribution in [3.63, 3.8) is 0 Å². The van der Waals surface area contributed by atoms with Gasteiger partial charge in [0.25, 0.3) is 5.82 Å². The molecular weight excluding hydrogens is 296 g/mol. The first-order chi connectivity index (χ1) is 11.2. The third-order valence-corrected chi connectivity index (χ3v) is 3.61. The van der Waals surface area contributed by atoms with Gasteiger partial charge in [-0.15, -0.1) is 0 Å². The molecular formula is C16H15N4O3+. The summed E-state index contributed by atoms with van der Waals surface area (Å²) in [5, 5.41) is 18.3. The summed E-state index contributed by atoms with van der Waals surface area (Å²) >= 11 is 0. The molecule has 2 aromatic carbocycles. The summed E-state index contributed by atoms with van der Waals surface area (Å²) in [6, 6.07) is 11.1. The van der Waals surface area contributed by atoms with Crippen LogP contribution in [0.3, 0.4) is 0 Å². The second-order valence-electron chi connectivity index (χ2n) is 5.22. The van der Waals surface area contributed by atoms with E-state index in [9.17, 15) is 0 Å². The van der Waals surface area contributed by atoms with Crippen molar-refractivity contribution in [3.8, 4) is 11.5 Å². The van der Waals surface area contributed by atoms with Gasteiger partial charge in [0.2, 0.25) is 0 Å². The molecule has 0 atom stereocenters. The van der Waals surface area contributed by atoms with E-state index in [1.165, 1.54) is 0 Å². The van der Waals surface area contributed by atoms with Crippen LogP contribution in [0.5, 0.6) is 11.5 Å². The van der Waals surface area contributed by atoms with Gasteiger partial charge in [-0.3, -0.25) is 0 Å². The molecule has 4 rings (SSSR count). The Morgan fingerprint density at radius 3 is 2.52 bits per heavy atom. The molecule has 0 saturated heterocycles. The van der Waals surface area contributed by atoms with Crippen LogP contribution in [-0.4, -0.2) is 25.2 Å². The second-order valence-corrected chi connectivity index (χ2v) is 5.22. The Morgan fingerprint density at radius 2 is 1.74 bits per heavy atom. The van der Waals surface area contributed by atoms with E-state index in [0.717, 1.165) is 22.1 Å². The first kappa shape index (κ1) is 13.7. The van der Waals surface area contributed by atoms with Crippen LogP contribution >= 0.6 is 0 Å². The molecule has 0 unspecified atom stereocenters. The Hall–Kier alpha value is -2.90. The molecule has 2 aromatic heterocycles. The van der Waals surface area contributed by atoms with E-state index in [-0.39, 0.29) is 13.2 Å². The van der Waals surface area contributed by atoms with Gasteiger partial charge < -0.3 is 19.9 Å².